The molecule has 2 aromatic rings. The maximum absolute atomic E-state index is 12.6. The van der Waals surface area contributed by atoms with Gasteiger partial charge in [0.2, 0.25) is 21.8 Å². The summed E-state index contributed by atoms with van der Waals surface area (Å²) in [6.07, 6.45) is 2.88. The minimum Gasteiger partial charge on any atom is -0.353 e. The third-order valence-corrected chi connectivity index (χ3v) is 8.08. The maximum atomic E-state index is 12.6. The number of likely N-dealkylation sites (tertiary alicyclic amines) is 1. The molecule has 3 rings (SSSR count). The van der Waals surface area contributed by atoms with E-state index >= 15 is 0 Å². The van der Waals surface area contributed by atoms with Crippen molar-refractivity contribution < 1.29 is 18.0 Å². The summed E-state index contributed by atoms with van der Waals surface area (Å²) in [5.74, 6) is 1.28. The van der Waals surface area contributed by atoms with Crippen LogP contribution in [0, 0.1) is 5.92 Å². The van der Waals surface area contributed by atoms with Crippen LogP contribution >= 0.6 is 0 Å². The van der Waals surface area contributed by atoms with Gasteiger partial charge in [0.1, 0.15) is 5.82 Å². The van der Waals surface area contributed by atoms with Crippen molar-refractivity contribution >= 4 is 32.9 Å². The Bertz CT molecular complexity index is 1130. The van der Waals surface area contributed by atoms with Gasteiger partial charge >= 0.3 is 0 Å². The molecular weight excluding hydrogens is 454 g/mol. The quantitative estimate of drug-likeness (QED) is 0.580. The molecule has 1 aliphatic heterocycles. The molecule has 1 N–H and O–H groups in total. The molecule has 1 aromatic heterocycles. The lowest BCUT2D eigenvalue weighted by Gasteiger charge is -2.32. The first-order chi connectivity index (χ1) is 16.0. The van der Waals surface area contributed by atoms with Crippen molar-refractivity contribution in [2.75, 3.05) is 27.2 Å². The van der Waals surface area contributed by atoms with E-state index < -0.39 is 10.0 Å². The summed E-state index contributed by atoms with van der Waals surface area (Å²) in [5.41, 5.74) is 1.47. The number of fused-ring (bicyclic) bond motifs is 1. The third-order valence-electron chi connectivity index (χ3n) is 6.26. The van der Waals surface area contributed by atoms with Crippen LogP contribution in [0.4, 0.5) is 0 Å². The van der Waals surface area contributed by atoms with Crippen molar-refractivity contribution in [3.8, 4) is 0 Å². The molecule has 0 atom stereocenters. The lowest BCUT2D eigenvalue weighted by molar-refractivity contribution is -0.133. The van der Waals surface area contributed by atoms with E-state index in [0.717, 1.165) is 24.2 Å². The number of nitrogens with zero attached hydrogens (tertiary/aromatic N) is 4. The van der Waals surface area contributed by atoms with E-state index in [9.17, 15) is 18.0 Å². The van der Waals surface area contributed by atoms with Gasteiger partial charge in [0, 0.05) is 59.0 Å². The number of imidazole rings is 1. The number of nitrogens with one attached hydrogen (secondary N) is 1. The molecule has 0 unspecified atom stereocenters. The Kier molecular flexibility index (Phi) is 8.35. The number of benzene rings is 1. The predicted molar refractivity (Wildman–Crippen MR) is 132 cm³/mol. The van der Waals surface area contributed by atoms with Crippen molar-refractivity contribution in [3.05, 3.63) is 24.0 Å². The summed E-state index contributed by atoms with van der Waals surface area (Å²) in [6.45, 7) is 8.13. The van der Waals surface area contributed by atoms with Crippen molar-refractivity contribution in [3.63, 3.8) is 0 Å². The fraction of sp³-hybridized carbons (Fsp3) is 0.625. The summed E-state index contributed by atoms with van der Waals surface area (Å²) in [5, 5.41) is 3.10. The van der Waals surface area contributed by atoms with Gasteiger partial charge in [0.15, 0.2) is 0 Å². The Balaban J connectivity index is 1.59. The van der Waals surface area contributed by atoms with E-state index in [0.29, 0.717) is 50.3 Å². The van der Waals surface area contributed by atoms with E-state index in [4.69, 9.17) is 0 Å². The molecule has 1 saturated heterocycles. The van der Waals surface area contributed by atoms with Gasteiger partial charge in [0.05, 0.1) is 15.9 Å². The molecule has 1 aliphatic rings. The van der Waals surface area contributed by atoms with E-state index in [1.807, 2.05) is 30.2 Å². The fourth-order valence-corrected chi connectivity index (χ4v) is 5.27. The lowest BCUT2D eigenvalue weighted by atomic mass is 10.0. The number of amides is 2. The van der Waals surface area contributed by atoms with Crippen molar-refractivity contribution in [1.29, 1.82) is 0 Å². The third kappa shape index (κ3) is 5.96. The highest BCUT2D eigenvalue weighted by atomic mass is 32.2. The van der Waals surface area contributed by atoms with Crippen LogP contribution in [0.2, 0.25) is 0 Å². The zero-order valence-corrected chi connectivity index (χ0v) is 21.7. The SMILES string of the molecule is CCn1c(CCC(=O)NC2CCN(C(=O)CC(C)C)CC2)nc2cc(S(=O)(=O)N(C)C)ccc21. The van der Waals surface area contributed by atoms with Gasteiger partial charge < -0.3 is 14.8 Å². The monoisotopic (exact) mass is 491 g/mol. The van der Waals surface area contributed by atoms with Crippen LogP contribution in [0.25, 0.3) is 11.0 Å². The van der Waals surface area contributed by atoms with Gasteiger partial charge in [-0.1, -0.05) is 13.8 Å². The van der Waals surface area contributed by atoms with Crippen LogP contribution in [-0.2, 0) is 32.6 Å². The molecule has 0 radical (unpaired) electrons. The van der Waals surface area contributed by atoms with E-state index in [1.54, 1.807) is 18.2 Å². The first-order valence-electron chi connectivity index (χ1n) is 12.0. The lowest BCUT2D eigenvalue weighted by Crippen LogP contribution is -2.46. The average molecular weight is 492 g/mol. The highest BCUT2D eigenvalue weighted by Crippen LogP contribution is 2.23. The first kappa shape index (κ1) is 26.2. The van der Waals surface area contributed by atoms with Crippen LogP contribution in [-0.4, -0.2) is 72.2 Å². The van der Waals surface area contributed by atoms with Gasteiger partial charge in [-0.15, -0.1) is 0 Å². The fourth-order valence-electron chi connectivity index (χ4n) is 4.35. The molecule has 1 aromatic carbocycles. The maximum Gasteiger partial charge on any atom is 0.242 e. The van der Waals surface area contributed by atoms with E-state index in [-0.39, 0.29) is 22.8 Å². The Morgan fingerprint density at radius 2 is 1.88 bits per heavy atom. The predicted octanol–water partition coefficient (Wildman–Crippen LogP) is 2.39. The van der Waals surface area contributed by atoms with Gasteiger partial charge in [-0.25, -0.2) is 17.7 Å². The second-order valence-corrected chi connectivity index (χ2v) is 11.7. The summed E-state index contributed by atoms with van der Waals surface area (Å²) in [4.78, 5) is 31.6. The Labute approximate surface area is 202 Å². The van der Waals surface area contributed by atoms with Crippen LogP contribution < -0.4 is 5.32 Å². The molecule has 34 heavy (non-hydrogen) atoms. The van der Waals surface area contributed by atoms with Crippen LogP contribution in [0.1, 0.15) is 52.3 Å². The van der Waals surface area contributed by atoms with Crippen LogP contribution in [0.15, 0.2) is 23.1 Å². The van der Waals surface area contributed by atoms with Gasteiger partial charge in [-0.05, 0) is 43.9 Å². The van der Waals surface area contributed by atoms with Crippen molar-refractivity contribution in [1.82, 2.24) is 24.1 Å². The van der Waals surface area contributed by atoms with Crippen molar-refractivity contribution in [2.24, 2.45) is 5.92 Å². The van der Waals surface area contributed by atoms with E-state index in [1.165, 1.54) is 18.4 Å². The normalized spacial score (nSPS) is 15.4. The summed E-state index contributed by atoms with van der Waals surface area (Å²) < 4.78 is 28.1. The zero-order valence-electron chi connectivity index (χ0n) is 20.9. The largest absolute Gasteiger partial charge is 0.353 e. The number of hydrogen-bond donors (Lipinski definition) is 1. The molecule has 2 amide bonds. The standard InChI is InChI=1S/C24H37N5O4S/c1-6-29-21-8-7-19(34(32,33)27(4)5)16-20(21)26-22(29)9-10-23(30)25-18-11-13-28(14-12-18)24(31)15-17(2)3/h7-8,16-18H,6,9-15H2,1-5H3,(H,25,30). The number of hydrogen-bond acceptors (Lipinski definition) is 5. The molecule has 1 fully saturated rings. The van der Waals surface area contributed by atoms with Crippen LogP contribution in [0.5, 0.6) is 0 Å². The number of piperidine rings is 1. The van der Waals surface area contributed by atoms with Gasteiger partial charge in [0.25, 0.3) is 0 Å². The first-order valence-corrected chi connectivity index (χ1v) is 13.5. The molecule has 188 valence electrons. The Hall–Kier alpha value is -2.46. The number of carbonyl (C=O) groups excluding carboxylic acids is 2. The summed E-state index contributed by atoms with van der Waals surface area (Å²) >= 11 is 0. The minimum atomic E-state index is -3.54. The Morgan fingerprint density at radius 1 is 1.21 bits per heavy atom. The second kappa shape index (κ2) is 10.9. The molecule has 9 nitrogen and oxygen atoms in total. The van der Waals surface area contributed by atoms with Gasteiger partial charge in [-0.3, -0.25) is 9.59 Å². The number of aromatic nitrogens is 2. The molecule has 0 bridgehead atoms. The smallest absolute Gasteiger partial charge is 0.242 e. The number of carbonyl (C=O) groups is 2. The Morgan fingerprint density at radius 3 is 2.47 bits per heavy atom. The van der Waals surface area contributed by atoms with E-state index in [2.05, 4.69) is 10.3 Å². The highest BCUT2D eigenvalue weighted by molar-refractivity contribution is 7.89. The van der Waals surface area contributed by atoms with Crippen molar-refractivity contribution in [2.45, 2.75) is 70.4 Å². The number of sulfonamides is 1. The molecule has 10 heteroatoms. The minimum absolute atomic E-state index is 0.0301. The molecule has 2 heterocycles. The van der Waals surface area contributed by atoms with Gasteiger partial charge in [-0.2, -0.15) is 0 Å². The summed E-state index contributed by atoms with van der Waals surface area (Å²) in [7, 11) is -0.538. The zero-order chi connectivity index (χ0) is 25.0. The number of rotatable bonds is 9. The molecule has 0 spiro atoms. The number of aryl methyl sites for hydroxylation is 2. The molecule has 0 aliphatic carbocycles. The topological polar surface area (TPSA) is 105 Å². The molecular formula is C24H37N5O4S. The second-order valence-electron chi connectivity index (χ2n) is 9.53. The highest BCUT2D eigenvalue weighted by Gasteiger charge is 2.24. The van der Waals surface area contributed by atoms with Crippen LogP contribution in [0.3, 0.4) is 0 Å². The average Bonchev–Trinajstić information content (AvgIpc) is 3.14. The summed E-state index contributed by atoms with van der Waals surface area (Å²) in [6, 6.07) is 5.05. The molecule has 0 saturated carbocycles.